The molecule has 0 aromatic heterocycles. The summed E-state index contributed by atoms with van der Waals surface area (Å²) in [5.74, 6) is -0.390. The maximum absolute atomic E-state index is 13.0. The molecule has 0 bridgehead atoms. The molecule has 0 heterocycles. The Morgan fingerprint density at radius 2 is 1.04 bits per heavy atom. The number of esters is 2. The van der Waals surface area contributed by atoms with Gasteiger partial charge in [-0.1, -0.05) is 142 Å². The molecule has 0 amide bonds. The second-order valence-electron chi connectivity index (χ2n) is 16.4. The molecule has 57 heavy (non-hydrogen) atoms. The number of ether oxygens (including phenoxy) is 4. The van der Waals surface area contributed by atoms with Crippen LogP contribution in [-0.2, 0) is 9.53 Å². The Morgan fingerprint density at radius 3 is 1.46 bits per heavy atom. The summed E-state index contributed by atoms with van der Waals surface area (Å²) in [6.45, 7) is 7.32. The number of benzene rings is 1. The van der Waals surface area contributed by atoms with E-state index in [-0.39, 0.29) is 35.8 Å². The first-order valence-electron chi connectivity index (χ1n) is 23.0. The molecule has 0 radical (unpaired) electrons. The second kappa shape index (κ2) is 35.5. The normalized spacial score (nSPS) is 12.6. The fourth-order valence-corrected chi connectivity index (χ4v) is 7.27. The van der Waals surface area contributed by atoms with E-state index in [9.17, 15) is 19.8 Å². The van der Waals surface area contributed by atoms with Crippen LogP contribution in [0.1, 0.15) is 191 Å². The summed E-state index contributed by atoms with van der Waals surface area (Å²) in [6, 6.07) is 3.00. The van der Waals surface area contributed by atoms with Gasteiger partial charge in [-0.15, -0.1) is 0 Å². The van der Waals surface area contributed by atoms with Crippen LogP contribution in [0.15, 0.2) is 12.1 Å². The van der Waals surface area contributed by atoms with E-state index in [0.717, 1.165) is 51.5 Å². The Bertz CT molecular complexity index is 1080. The van der Waals surface area contributed by atoms with Gasteiger partial charge in [-0.25, -0.2) is 4.79 Å². The van der Waals surface area contributed by atoms with E-state index >= 15 is 0 Å². The van der Waals surface area contributed by atoms with Gasteiger partial charge in [0.15, 0.2) is 11.5 Å². The van der Waals surface area contributed by atoms with Crippen LogP contribution in [0, 0.1) is 0 Å². The highest BCUT2D eigenvalue weighted by Gasteiger charge is 2.22. The Morgan fingerprint density at radius 1 is 0.596 bits per heavy atom. The summed E-state index contributed by atoms with van der Waals surface area (Å²) in [5.41, 5.74) is 0.249. The molecule has 10 heteroatoms. The Hall–Kier alpha value is -2.40. The van der Waals surface area contributed by atoms with E-state index in [1.165, 1.54) is 129 Å². The third-order valence-electron chi connectivity index (χ3n) is 10.7. The molecule has 0 spiro atoms. The molecule has 1 aromatic carbocycles. The van der Waals surface area contributed by atoms with Crippen LogP contribution < -0.4 is 14.2 Å². The van der Waals surface area contributed by atoms with Crippen molar-refractivity contribution in [1.82, 2.24) is 9.80 Å². The van der Waals surface area contributed by atoms with Crippen molar-refractivity contribution >= 4 is 11.9 Å². The summed E-state index contributed by atoms with van der Waals surface area (Å²) in [4.78, 5) is 29.9. The second-order valence-corrected chi connectivity index (χ2v) is 16.4. The maximum Gasteiger partial charge on any atom is 0.338 e. The first-order chi connectivity index (χ1) is 27.6. The van der Waals surface area contributed by atoms with Gasteiger partial charge in [0.1, 0.15) is 0 Å². The van der Waals surface area contributed by atoms with E-state index < -0.39 is 24.1 Å². The molecule has 1 rings (SSSR count). The first kappa shape index (κ1) is 52.6. The Kier molecular flexibility index (Phi) is 32.8. The lowest BCUT2D eigenvalue weighted by molar-refractivity contribution is -0.134. The average molecular weight is 807 g/mol. The zero-order valence-corrected chi connectivity index (χ0v) is 37.5. The minimum atomic E-state index is -0.505. The van der Waals surface area contributed by atoms with Crippen LogP contribution in [0.3, 0.4) is 0 Å². The number of methoxy groups -OCH3 is 2. The van der Waals surface area contributed by atoms with Crippen LogP contribution in [0.5, 0.6) is 17.2 Å². The predicted octanol–water partition coefficient (Wildman–Crippen LogP) is 10.5. The van der Waals surface area contributed by atoms with E-state index in [0.29, 0.717) is 32.5 Å². The van der Waals surface area contributed by atoms with Crippen molar-refractivity contribution in [3.8, 4) is 17.2 Å². The van der Waals surface area contributed by atoms with Crippen molar-refractivity contribution in [2.24, 2.45) is 0 Å². The van der Waals surface area contributed by atoms with Crippen LogP contribution in [0.2, 0.25) is 0 Å². The molecule has 0 aliphatic rings. The van der Waals surface area contributed by atoms with E-state index in [1.807, 2.05) is 19.0 Å². The number of unbranched alkanes of at least 4 members (excludes halogenated alkanes) is 19. The minimum absolute atomic E-state index is 0.126. The van der Waals surface area contributed by atoms with Gasteiger partial charge in [-0.3, -0.25) is 9.69 Å². The number of aliphatic hydroxyl groups excluding tert-OH is 2. The lowest BCUT2D eigenvalue weighted by Gasteiger charge is -2.27. The number of carbonyl (C=O) groups is 2. The fraction of sp³-hybridized carbons (Fsp3) is 0.830. The molecule has 0 aliphatic carbocycles. The number of nitrogens with zero attached hydrogens (tertiary/aromatic N) is 2. The van der Waals surface area contributed by atoms with Crippen LogP contribution in [0.4, 0.5) is 0 Å². The Labute approximate surface area is 348 Å². The highest BCUT2D eigenvalue weighted by molar-refractivity contribution is 5.91. The SMILES string of the molecule is CCCCCCCCCCCCC(O)CN(CCCCC(=O)Oc1c(OC)cc(C(=O)OCCCN(C)C)cc1OC)CC(O)CCCCCCCCCCCC. The van der Waals surface area contributed by atoms with Gasteiger partial charge in [0, 0.05) is 26.1 Å². The number of rotatable bonds is 39. The molecule has 0 saturated heterocycles. The smallest absolute Gasteiger partial charge is 0.338 e. The van der Waals surface area contributed by atoms with Crippen LogP contribution >= 0.6 is 0 Å². The molecule has 2 N–H and O–H groups in total. The van der Waals surface area contributed by atoms with Gasteiger partial charge in [0.2, 0.25) is 5.75 Å². The minimum Gasteiger partial charge on any atom is -0.493 e. The maximum atomic E-state index is 13.0. The van der Waals surface area contributed by atoms with Crippen LogP contribution in [-0.4, -0.2) is 105 Å². The predicted molar refractivity (Wildman–Crippen MR) is 234 cm³/mol. The summed E-state index contributed by atoms with van der Waals surface area (Å²) >= 11 is 0. The molecule has 2 unspecified atom stereocenters. The van der Waals surface area contributed by atoms with Crippen molar-refractivity contribution in [1.29, 1.82) is 0 Å². The van der Waals surface area contributed by atoms with Crippen LogP contribution in [0.25, 0.3) is 0 Å². The molecule has 0 aliphatic heterocycles. The number of carbonyl (C=O) groups excluding carboxylic acids is 2. The van der Waals surface area contributed by atoms with Gasteiger partial charge in [-0.2, -0.15) is 0 Å². The molecule has 10 nitrogen and oxygen atoms in total. The topological polar surface area (TPSA) is 118 Å². The lowest BCUT2D eigenvalue weighted by atomic mass is 10.0. The molecular formula is C47H86N2O8. The standard InChI is InChI=1S/C47H86N2O8/c1-7-9-11-13-15-17-19-21-23-25-30-41(50)38-49(39-42(51)31-26-24-22-20-18-16-14-12-10-8-2)34-28-27-32-45(52)57-46-43(54-5)36-40(37-44(46)55-6)47(53)56-35-29-33-48(3)4/h36-37,41-42,50-51H,7-35,38-39H2,1-6H3. The van der Waals surface area contributed by atoms with Crippen molar-refractivity contribution in [2.75, 3.05) is 61.1 Å². The van der Waals surface area contributed by atoms with E-state index in [1.54, 1.807) is 0 Å². The number of hydrogen-bond donors (Lipinski definition) is 2. The van der Waals surface area contributed by atoms with Crippen molar-refractivity contribution in [3.05, 3.63) is 17.7 Å². The van der Waals surface area contributed by atoms with Gasteiger partial charge in [0.05, 0.1) is 38.6 Å². The zero-order chi connectivity index (χ0) is 41.9. The molecule has 332 valence electrons. The monoisotopic (exact) mass is 807 g/mol. The van der Waals surface area contributed by atoms with Gasteiger partial charge in [0.25, 0.3) is 0 Å². The summed E-state index contributed by atoms with van der Waals surface area (Å²) in [5, 5.41) is 22.0. The summed E-state index contributed by atoms with van der Waals surface area (Å²) in [7, 11) is 6.82. The van der Waals surface area contributed by atoms with Gasteiger partial charge in [-0.05, 0) is 64.9 Å². The van der Waals surface area contributed by atoms with Gasteiger partial charge >= 0.3 is 11.9 Å². The van der Waals surface area contributed by atoms with E-state index in [4.69, 9.17) is 18.9 Å². The highest BCUT2D eigenvalue weighted by atomic mass is 16.6. The lowest BCUT2D eigenvalue weighted by Crippen LogP contribution is -2.38. The quantitative estimate of drug-likeness (QED) is 0.0378. The molecule has 1 aromatic rings. The molecular weight excluding hydrogens is 721 g/mol. The third-order valence-corrected chi connectivity index (χ3v) is 10.7. The van der Waals surface area contributed by atoms with Crippen molar-refractivity contribution in [3.63, 3.8) is 0 Å². The first-order valence-corrected chi connectivity index (χ1v) is 23.0. The largest absolute Gasteiger partial charge is 0.493 e. The number of aliphatic hydroxyl groups is 2. The zero-order valence-electron chi connectivity index (χ0n) is 37.5. The molecule has 2 atom stereocenters. The van der Waals surface area contributed by atoms with Crippen molar-refractivity contribution in [2.45, 2.75) is 193 Å². The average Bonchev–Trinajstić information content (AvgIpc) is 3.19. The third kappa shape index (κ3) is 27.8. The van der Waals surface area contributed by atoms with Gasteiger partial charge < -0.3 is 34.1 Å². The highest BCUT2D eigenvalue weighted by Crippen LogP contribution is 2.39. The van der Waals surface area contributed by atoms with Crippen molar-refractivity contribution < 1.29 is 38.7 Å². The fourth-order valence-electron chi connectivity index (χ4n) is 7.27. The number of hydrogen-bond acceptors (Lipinski definition) is 10. The summed E-state index contributed by atoms with van der Waals surface area (Å²) in [6.07, 6.45) is 28.2. The molecule has 0 saturated carbocycles. The van der Waals surface area contributed by atoms with E-state index in [2.05, 4.69) is 18.7 Å². The Balaban J connectivity index is 2.64. The summed E-state index contributed by atoms with van der Waals surface area (Å²) < 4.78 is 22.1. The molecule has 0 fully saturated rings.